The van der Waals surface area contributed by atoms with Gasteiger partial charge in [-0.05, 0) is 11.6 Å². The van der Waals surface area contributed by atoms with E-state index in [1.165, 1.54) is 4.88 Å². The van der Waals surface area contributed by atoms with E-state index >= 15 is 0 Å². The molecule has 0 aliphatic heterocycles. The molecule has 0 aliphatic carbocycles. The predicted octanol–water partition coefficient (Wildman–Crippen LogP) is 3.22. The average Bonchev–Trinajstić information content (AvgIpc) is 2.77. The van der Waals surface area contributed by atoms with Crippen LogP contribution in [0.4, 0.5) is 0 Å². The Kier molecular flexibility index (Phi) is 4.57. The van der Waals surface area contributed by atoms with Crippen LogP contribution in [0.3, 0.4) is 0 Å². The van der Waals surface area contributed by atoms with E-state index in [1.54, 1.807) is 11.3 Å². The molecule has 1 aromatic heterocycles. The fourth-order valence-electron chi connectivity index (χ4n) is 1.64. The van der Waals surface area contributed by atoms with Crippen LogP contribution < -0.4 is 5.32 Å². The van der Waals surface area contributed by atoms with Gasteiger partial charge in [0.25, 0.3) is 0 Å². The minimum Gasteiger partial charge on any atom is -0.394 e. The molecule has 0 fully saturated rings. The summed E-state index contributed by atoms with van der Waals surface area (Å²) in [4.78, 5) is 1.17. The van der Waals surface area contributed by atoms with Crippen molar-refractivity contribution >= 4 is 22.9 Å². The number of halogens is 1. The Balaban J connectivity index is 1.97. The van der Waals surface area contributed by atoms with Crippen LogP contribution in [0.1, 0.15) is 16.5 Å². The first-order chi connectivity index (χ1) is 8.29. The van der Waals surface area contributed by atoms with Gasteiger partial charge in [0, 0.05) is 16.8 Å². The lowest BCUT2D eigenvalue weighted by atomic mass is 10.1. The highest BCUT2D eigenvalue weighted by Crippen LogP contribution is 2.20. The molecular formula is C13H14ClNOS. The molecule has 2 N–H and O–H groups in total. The highest BCUT2D eigenvalue weighted by atomic mass is 35.5. The Morgan fingerprint density at radius 3 is 2.65 bits per heavy atom. The SMILES string of the molecule is OC[C@@H](NCc1cc(Cl)cs1)c1ccccc1. The molecule has 0 unspecified atom stereocenters. The Hall–Kier alpha value is -0.870. The van der Waals surface area contributed by atoms with Crippen molar-refractivity contribution in [3.63, 3.8) is 0 Å². The first-order valence-corrected chi connectivity index (χ1v) is 6.67. The number of rotatable bonds is 5. The quantitative estimate of drug-likeness (QED) is 0.872. The van der Waals surface area contributed by atoms with Gasteiger partial charge in [-0.25, -0.2) is 0 Å². The zero-order valence-corrected chi connectivity index (χ0v) is 10.8. The minimum atomic E-state index is -0.0305. The molecule has 90 valence electrons. The van der Waals surface area contributed by atoms with Crippen LogP contribution >= 0.6 is 22.9 Å². The van der Waals surface area contributed by atoms with E-state index < -0.39 is 0 Å². The maximum atomic E-state index is 9.38. The molecule has 0 saturated heterocycles. The average molecular weight is 268 g/mol. The number of aliphatic hydroxyl groups is 1. The number of hydrogen-bond acceptors (Lipinski definition) is 3. The van der Waals surface area contributed by atoms with Gasteiger partial charge in [-0.15, -0.1) is 11.3 Å². The molecule has 1 aromatic carbocycles. The van der Waals surface area contributed by atoms with E-state index in [2.05, 4.69) is 5.32 Å². The van der Waals surface area contributed by atoms with E-state index in [0.717, 1.165) is 17.1 Å². The van der Waals surface area contributed by atoms with Gasteiger partial charge in [0.15, 0.2) is 0 Å². The first kappa shape index (κ1) is 12.6. The summed E-state index contributed by atoms with van der Waals surface area (Å²) in [5.74, 6) is 0. The Labute approximate surface area is 110 Å². The third-order valence-electron chi connectivity index (χ3n) is 2.53. The summed E-state index contributed by atoms with van der Waals surface area (Å²) in [6, 6.07) is 11.8. The second-order valence-corrected chi connectivity index (χ2v) is 5.19. The van der Waals surface area contributed by atoms with Crippen LogP contribution in [0, 0.1) is 0 Å². The maximum Gasteiger partial charge on any atom is 0.0626 e. The van der Waals surface area contributed by atoms with Gasteiger partial charge in [0.05, 0.1) is 17.7 Å². The van der Waals surface area contributed by atoms with Gasteiger partial charge in [-0.1, -0.05) is 41.9 Å². The van der Waals surface area contributed by atoms with E-state index in [-0.39, 0.29) is 12.6 Å². The molecule has 1 heterocycles. The van der Waals surface area contributed by atoms with Gasteiger partial charge in [-0.2, -0.15) is 0 Å². The predicted molar refractivity (Wildman–Crippen MR) is 72.4 cm³/mol. The summed E-state index contributed by atoms with van der Waals surface area (Å²) in [7, 11) is 0. The topological polar surface area (TPSA) is 32.3 Å². The molecule has 17 heavy (non-hydrogen) atoms. The minimum absolute atomic E-state index is 0.0305. The van der Waals surface area contributed by atoms with Gasteiger partial charge in [0.2, 0.25) is 0 Å². The normalized spacial score (nSPS) is 12.6. The standard InChI is InChI=1S/C13H14ClNOS/c14-11-6-12(17-9-11)7-15-13(8-16)10-4-2-1-3-5-10/h1-6,9,13,15-16H,7-8H2/t13-/m1/s1. The molecule has 0 amide bonds. The highest BCUT2D eigenvalue weighted by Gasteiger charge is 2.09. The van der Waals surface area contributed by atoms with E-state index in [0.29, 0.717) is 0 Å². The third-order valence-corrected chi connectivity index (χ3v) is 3.81. The van der Waals surface area contributed by atoms with Crippen molar-refractivity contribution in [2.24, 2.45) is 0 Å². The van der Waals surface area contributed by atoms with Crippen LogP contribution in [0.25, 0.3) is 0 Å². The van der Waals surface area contributed by atoms with Crippen LogP contribution in [-0.2, 0) is 6.54 Å². The molecule has 0 bridgehead atoms. The second-order valence-electron chi connectivity index (χ2n) is 3.76. The molecule has 4 heteroatoms. The number of thiophene rings is 1. The van der Waals surface area contributed by atoms with Crippen molar-refractivity contribution < 1.29 is 5.11 Å². The fourth-order valence-corrected chi connectivity index (χ4v) is 2.67. The van der Waals surface area contributed by atoms with Gasteiger partial charge in [0.1, 0.15) is 0 Å². The smallest absolute Gasteiger partial charge is 0.0626 e. The van der Waals surface area contributed by atoms with Gasteiger partial charge in [-0.3, -0.25) is 0 Å². The monoisotopic (exact) mass is 267 g/mol. The fraction of sp³-hybridized carbons (Fsp3) is 0.231. The maximum absolute atomic E-state index is 9.38. The summed E-state index contributed by atoms with van der Waals surface area (Å²) in [5, 5.41) is 15.4. The third kappa shape index (κ3) is 3.54. The van der Waals surface area contributed by atoms with Crippen molar-refractivity contribution in [1.82, 2.24) is 5.32 Å². The van der Waals surface area contributed by atoms with E-state index in [1.807, 2.05) is 41.8 Å². The molecule has 2 rings (SSSR count). The van der Waals surface area contributed by atoms with E-state index in [9.17, 15) is 5.11 Å². The van der Waals surface area contributed by atoms with Crippen LogP contribution in [0.2, 0.25) is 5.02 Å². The summed E-state index contributed by atoms with van der Waals surface area (Å²) in [6.07, 6.45) is 0. The summed E-state index contributed by atoms with van der Waals surface area (Å²) >= 11 is 7.48. The first-order valence-electron chi connectivity index (χ1n) is 5.41. The Morgan fingerprint density at radius 1 is 1.29 bits per heavy atom. The zero-order chi connectivity index (χ0) is 12.1. The van der Waals surface area contributed by atoms with Crippen molar-refractivity contribution in [3.8, 4) is 0 Å². The molecule has 2 nitrogen and oxygen atoms in total. The van der Waals surface area contributed by atoms with Crippen molar-refractivity contribution in [3.05, 3.63) is 57.2 Å². The molecule has 0 spiro atoms. The van der Waals surface area contributed by atoms with Gasteiger partial charge < -0.3 is 10.4 Å². The molecule has 2 aromatic rings. The number of hydrogen-bond donors (Lipinski definition) is 2. The second kappa shape index (κ2) is 6.17. The lowest BCUT2D eigenvalue weighted by Gasteiger charge is -2.15. The molecule has 1 atom stereocenters. The van der Waals surface area contributed by atoms with Crippen LogP contribution in [-0.4, -0.2) is 11.7 Å². The molecule has 0 saturated carbocycles. The molecule has 0 radical (unpaired) electrons. The van der Waals surface area contributed by atoms with Crippen molar-refractivity contribution in [2.45, 2.75) is 12.6 Å². The largest absolute Gasteiger partial charge is 0.394 e. The summed E-state index contributed by atoms with van der Waals surface area (Å²) in [5.41, 5.74) is 1.10. The Bertz CT molecular complexity index is 457. The number of aliphatic hydroxyl groups excluding tert-OH is 1. The summed E-state index contributed by atoms with van der Waals surface area (Å²) in [6.45, 7) is 0.806. The number of nitrogens with one attached hydrogen (secondary N) is 1. The molecule has 0 aliphatic rings. The number of benzene rings is 1. The highest BCUT2D eigenvalue weighted by molar-refractivity contribution is 7.10. The van der Waals surface area contributed by atoms with Crippen LogP contribution in [0.5, 0.6) is 0 Å². The lowest BCUT2D eigenvalue weighted by molar-refractivity contribution is 0.244. The Morgan fingerprint density at radius 2 is 2.06 bits per heavy atom. The van der Waals surface area contributed by atoms with E-state index in [4.69, 9.17) is 11.6 Å². The zero-order valence-electron chi connectivity index (χ0n) is 9.27. The summed E-state index contributed by atoms with van der Waals surface area (Å²) < 4.78 is 0. The van der Waals surface area contributed by atoms with Crippen LogP contribution in [0.15, 0.2) is 41.8 Å². The van der Waals surface area contributed by atoms with Crippen molar-refractivity contribution in [1.29, 1.82) is 0 Å². The van der Waals surface area contributed by atoms with Gasteiger partial charge >= 0.3 is 0 Å². The molecular weight excluding hydrogens is 254 g/mol. The lowest BCUT2D eigenvalue weighted by Crippen LogP contribution is -2.23. The van der Waals surface area contributed by atoms with Crippen molar-refractivity contribution in [2.75, 3.05) is 6.61 Å².